The molecule has 2 N–H and O–H groups in total. The molecule has 21 heavy (non-hydrogen) atoms. The normalized spacial score (nSPS) is 12.2. The van der Waals surface area contributed by atoms with Crippen LogP contribution < -0.4 is 44.3 Å². The van der Waals surface area contributed by atoms with Crippen LogP contribution in [-0.4, -0.2) is 50.7 Å². The minimum Gasteiger partial charge on any atom is -0.748 e. The zero-order chi connectivity index (χ0) is 15.3. The number of aliphatic hydroxyl groups is 1. The quantitative estimate of drug-likeness (QED) is 0.415. The van der Waals surface area contributed by atoms with Crippen LogP contribution in [0.15, 0.2) is 12.1 Å². The van der Waals surface area contributed by atoms with Gasteiger partial charge in [-0.1, -0.05) is 0 Å². The fourth-order valence-electron chi connectivity index (χ4n) is 1.70. The van der Waals surface area contributed by atoms with Gasteiger partial charge >= 0.3 is 29.6 Å². The molecule has 0 amide bonds. The monoisotopic (exact) mass is 327 g/mol. The van der Waals surface area contributed by atoms with Gasteiger partial charge in [0.2, 0.25) is 0 Å². The van der Waals surface area contributed by atoms with Gasteiger partial charge in [-0.05, 0) is 6.92 Å². The van der Waals surface area contributed by atoms with E-state index >= 15 is 0 Å². The largest absolute Gasteiger partial charge is 1.00 e. The van der Waals surface area contributed by atoms with Crippen LogP contribution in [0.3, 0.4) is 0 Å². The Balaban J connectivity index is 0.00000400. The molecule has 0 aliphatic rings. The summed E-state index contributed by atoms with van der Waals surface area (Å²) in [5.74, 6) is 0.318. The first-order valence-corrected chi connectivity index (χ1v) is 7.42. The standard InChI is InChI=1S/C12H19NO6S.Na/c1-8-11(4-10(18-2)5-12(8)19-3)13-6-9(14)7-20(15,16)17;/h4-5,9,13-14H,6-7H2,1-3H3,(H,15,16,17);/q;+1/p-1. The Morgan fingerprint density at radius 3 is 2.43 bits per heavy atom. The zero-order valence-electron chi connectivity index (χ0n) is 12.5. The maximum Gasteiger partial charge on any atom is 1.00 e. The molecule has 1 rings (SSSR count). The van der Waals surface area contributed by atoms with Crippen molar-refractivity contribution in [2.45, 2.75) is 13.0 Å². The molecule has 1 aromatic carbocycles. The summed E-state index contributed by atoms with van der Waals surface area (Å²) in [6.45, 7) is 1.73. The Kier molecular flexibility index (Phi) is 8.60. The molecule has 0 aliphatic heterocycles. The smallest absolute Gasteiger partial charge is 0.748 e. The Morgan fingerprint density at radius 1 is 1.33 bits per heavy atom. The second kappa shape index (κ2) is 8.82. The van der Waals surface area contributed by atoms with Crippen LogP contribution >= 0.6 is 0 Å². The predicted octanol–water partition coefficient (Wildman–Crippen LogP) is -2.67. The summed E-state index contributed by atoms with van der Waals surface area (Å²) < 4.78 is 41.9. The van der Waals surface area contributed by atoms with Crippen molar-refractivity contribution in [1.29, 1.82) is 0 Å². The average Bonchev–Trinajstić information content (AvgIpc) is 2.35. The SMILES string of the molecule is COc1cc(NCC(O)CS(=O)(=O)[O-])c(C)c(OC)c1.[Na+]. The topological polar surface area (TPSA) is 108 Å². The molecule has 0 bridgehead atoms. The van der Waals surface area contributed by atoms with E-state index in [-0.39, 0.29) is 36.1 Å². The molecule has 0 saturated carbocycles. The number of benzene rings is 1. The minimum absolute atomic E-state index is 0. The summed E-state index contributed by atoms with van der Waals surface area (Å²) >= 11 is 0. The van der Waals surface area contributed by atoms with Crippen molar-refractivity contribution in [3.63, 3.8) is 0 Å². The molecule has 9 heteroatoms. The van der Waals surface area contributed by atoms with E-state index in [0.717, 1.165) is 5.56 Å². The molecule has 0 spiro atoms. The van der Waals surface area contributed by atoms with Gasteiger partial charge in [-0.15, -0.1) is 0 Å². The van der Waals surface area contributed by atoms with Crippen molar-refractivity contribution >= 4 is 15.8 Å². The Bertz CT molecular complexity index is 563. The van der Waals surface area contributed by atoms with E-state index in [0.29, 0.717) is 17.2 Å². The second-order valence-corrected chi connectivity index (χ2v) is 5.71. The molecule has 1 aromatic rings. The van der Waals surface area contributed by atoms with Gasteiger partial charge in [-0.25, -0.2) is 8.42 Å². The molecule has 0 heterocycles. The van der Waals surface area contributed by atoms with Gasteiger partial charge < -0.3 is 24.4 Å². The van der Waals surface area contributed by atoms with Gasteiger partial charge in [-0.2, -0.15) is 0 Å². The predicted molar refractivity (Wildman–Crippen MR) is 73.3 cm³/mol. The third-order valence-corrected chi connectivity index (χ3v) is 3.51. The maximum absolute atomic E-state index is 10.5. The first-order chi connectivity index (χ1) is 9.26. The number of aliphatic hydroxyl groups excluding tert-OH is 1. The Labute approximate surface area is 146 Å². The Hall–Kier alpha value is -0.510. The van der Waals surface area contributed by atoms with Gasteiger partial charge in [0.1, 0.15) is 11.5 Å². The van der Waals surface area contributed by atoms with Crippen molar-refractivity contribution in [3.8, 4) is 11.5 Å². The molecule has 0 saturated heterocycles. The number of ether oxygens (including phenoxy) is 2. The van der Waals surface area contributed by atoms with Crippen LogP contribution in [0, 0.1) is 6.92 Å². The van der Waals surface area contributed by atoms with Gasteiger partial charge in [0, 0.05) is 29.9 Å². The van der Waals surface area contributed by atoms with E-state index in [2.05, 4.69) is 5.32 Å². The molecule has 7 nitrogen and oxygen atoms in total. The van der Waals surface area contributed by atoms with Crippen molar-refractivity contribution in [3.05, 3.63) is 17.7 Å². The summed E-state index contributed by atoms with van der Waals surface area (Å²) in [7, 11) is -1.43. The van der Waals surface area contributed by atoms with Gasteiger partial charge in [-0.3, -0.25) is 0 Å². The van der Waals surface area contributed by atoms with E-state index in [1.54, 1.807) is 19.1 Å². The molecular weight excluding hydrogens is 309 g/mol. The molecule has 0 aromatic heterocycles. The molecular formula is C12H18NNaO6S. The molecule has 0 fully saturated rings. The fourth-order valence-corrected chi connectivity index (χ4v) is 2.29. The number of nitrogens with one attached hydrogen (secondary N) is 1. The van der Waals surface area contributed by atoms with Crippen LogP contribution in [0.25, 0.3) is 0 Å². The van der Waals surface area contributed by atoms with Crippen molar-refractivity contribution in [2.75, 3.05) is 31.8 Å². The first-order valence-electron chi connectivity index (χ1n) is 5.85. The summed E-state index contributed by atoms with van der Waals surface area (Å²) in [4.78, 5) is 0. The molecule has 1 atom stereocenters. The fraction of sp³-hybridized carbons (Fsp3) is 0.500. The van der Waals surface area contributed by atoms with Crippen LogP contribution in [0.2, 0.25) is 0 Å². The number of methoxy groups -OCH3 is 2. The minimum atomic E-state index is -4.45. The number of hydrogen-bond acceptors (Lipinski definition) is 7. The summed E-state index contributed by atoms with van der Waals surface area (Å²) in [6, 6.07) is 3.40. The molecule has 1 unspecified atom stereocenters. The van der Waals surface area contributed by atoms with E-state index in [4.69, 9.17) is 9.47 Å². The summed E-state index contributed by atoms with van der Waals surface area (Å²) in [5, 5.41) is 12.4. The summed E-state index contributed by atoms with van der Waals surface area (Å²) in [5.41, 5.74) is 1.41. The van der Waals surface area contributed by atoms with Gasteiger partial charge in [0.25, 0.3) is 0 Å². The van der Waals surface area contributed by atoms with E-state index in [1.807, 2.05) is 0 Å². The number of anilines is 1. The molecule has 114 valence electrons. The average molecular weight is 327 g/mol. The van der Waals surface area contributed by atoms with Crippen LogP contribution in [-0.2, 0) is 10.1 Å². The van der Waals surface area contributed by atoms with E-state index in [1.165, 1.54) is 14.2 Å². The van der Waals surface area contributed by atoms with E-state index in [9.17, 15) is 18.1 Å². The summed E-state index contributed by atoms with van der Waals surface area (Å²) in [6.07, 6.45) is -1.28. The zero-order valence-corrected chi connectivity index (χ0v) is 15.4. The molecule has 0 aliphatic carbocycles. The number of hydrogen-bond donors (Lipinski definition) is 2. The third-order valence-electron chi connectivity index (χ3n) is 2.71. The van der Waals surface area contributed by atoms with Gasteiger partial charge in [0.05, 0.1) is 36.2 Å². The van der Waals surface area contributed by atoms with Crippen LogP contribution in [0.5, 0.6) is 11.5 Å². The first kappa shape index (κ1) is 20.5. The van der Waals surface area contributed by atoms with Crippen molar-refractivity contribution in [1.82, 2.24) is 0 Å². The third kappa shape index (κ3) is 6.86. The van der Waals surface area contributed by atoms with Crippen LogP contribution in [0.1, 0.15) is 5.56 Å². The van der Waals surface area contributed by atoms with Crippen LogP contribution in [0.4, 0.5) is 5.69 Å². The van der Waals surface area contributed by atoms with Gasteiger partial charge in [0.15, 0.2) is 0 Å². The van der Waals surface area contributed by atoms with Crippen molar-refractivity contribution < 1.29 is 57.1 Å². The second-order valence-electron chi connectivity index (χ2n) is 4.26. The molecule has 0 radical (unpaired) electrons. The van der Waals surface area contributed by atoms with Crippen molar-refractivity contribution in [2.24, 2.45) is 0 Å². The number of rotatable bonds is 7. The van der Waals surface area contributed by atoms with E-state index < -0.39 is 22.0 Å². The Morgan fingerprint density at radius 2 is 1.95 bits per heavy atom. The maximum atomic E-state index is 10.5.